The number of nitrogens with one attached hydrogen (secondary N) is 1. The quantitative estimate of drug-likeness (QED) is 0.782. The van der Waals surface area contributed by atoms with E-state index < -0.39 is 10.0 Å². The van der Waals surface area contributed by atoms with Gasteiger partial charge in [-0.2, -0.15) is 9.40 Å². The van der Waals surface area contributed by atoms with Crippen molar-refractivity contribution < 1.29 is 13.2 Å². The lowest BCUT2D eigenvalue weighted by molar-refractivity contribution is 0.289. The number of benzene rings is 1. The Balaban J connectivity index is 0.00000243. The molecular weight excluding hydrogens is 378 g/mol. The van der Waals surface area contributed by atoms with Crippen molar-refractivity contribution in [2.45, 2.75) is 30.4 Å². The minimum Gasteiger partial charge on any atom is -0.486 e. The van der Waals surface area contributed by atoms with Crippen LogP contribution in [0.15, 0.2) is 35.5 Å². The molecule has 1 aliphatic rings. The van der Waals surface area contributed by atoms with Crippen LogP contribution in [-0.2, 0) is 23.7 Å². The fraction of sp³-hybridized carbons (Fsp3) is 0.500. The van der Waals surface area contributed by atoms with Crippen LogP contribution >= 0.6 is 12.4 Å². The van der Waals surface area contributed by atoms with E-state index in [2.05, 4.69) is 15.4 Å². The van der Waals surface area contributed by atoms with Gasteiger partial charge >= 0.3 is 0 Å². The van der Waals surface area contributed by atoms with E-state index in [0.717, 1.165) is 12.8 Å². The van der Waals surface area contributed by atoms with E-state index in [1.165, 1.54) is 6.33 Å². The molecule has 26 heavy (non-hydrogen) atoms. The fourth-order valence-electron chi connectivity index (χ4n) is 2.84. The summed E-state index contributed by atoms with van der Waals surface area (Å²) in [5.74, 6) is 1.29. The average molecular weight is 402 g/mol. The van der Waals surface area contributed by atoms with Crippen LogP contribution in [0.2, 0.25) is 0 Å². The van der Waals surface area contributed by atoms with Crippen LogP contribution in [0.4, 0.5) is 0 Å². The van der Waals surface area contributed by atoms with Gasteiger partial charge in [-0.05, 0) is 44.2 Å². The molecule has 1 N–H and O–H groups in total. The molecule has 2 aromatic rings. The summed E-state index contributed by atoms with van der Waals surface area (Å²) in [6.45, 7) is 1.36. The zero-order chi connectivity index (χ0) is 17.9. The number of sulfonamides is 1. The third-order valence-corrected chi connectivity index (χ3v) is 6.41. The zero-order valence-corrected chi connectivity index (χ0v) is 16.5. The molecule has 3 rings (SSSR count). The van der Waals surface area contributed by atoms with Crippen LogP contribution in [0.25, 0.3) is 0 Å². The first kappa shape index (κ1) is 20.6. The number of rotatable bonds is 6. The summed E-state index contributed by atoms with van der Waals surface area (Å²) in [5.41, 5.74) is 0. The molecule has 1 aromatic carbocycles. The standard InChI is InChI=1S/C16H23N5O3S.ClH/c1-17-13-7-9-21(10-8-13)25(22,23)15-5-3-14(4-6-15)24-11-16-18-12-19-20(16)2;/h3-6,12-13,17H,7-11H2,1-2H3;1H. The summed E-state index contributed by atoms with van der Waals surface area (Å²) in [6, 6.07) is 6.91. The Hall–Kier alpha value is -1.68. The van der Waals surface area contributed by atoms with Crippen LogP contribution in [-0.4, -0.2) is 53.7 Å². The molecule has 10 heteroatoms. The first-order valence-corrected chi connectivity index (χ1v) is 9.68. The maximum Gasteiger partial charge on any atom is 0.243 e. The molecule has 2 heterocycles. The Morgan fingerprint density at radius 1 is 1.23 bits per heavy atom. The van der Waals surface area contributed by atoms with Gasteiger partial charge in [-0.3, -0.25) is 4.68 Å². The Bertz CT molecular complexity index is 802. The van der Waals surface area contributed by atoms with Crippen molar-refractivity contribution in [2.75, 3.05) is 20.1 Å². The van der Waals surface area contributed by atoms with Crippen molar-refractivity contribution in [3.8, 4) is 5.75 Å². The summed E-state index contributed by atoms with van der Waals surface area (Å²) >= 11 is 0. The lowest BCUT2D eigenvalue weighted by Crippen LogP contribution is -2.43. The van der Waals surface area contributed by atoms with Crippen molar-refractivity contribution in [2.24, 2.45) is 7.05 Å². The summed E-state index contributed by atoms with van der Waals surface area (Å²) in [4.78, 5) is 4.37. The van der Waals surface area contributed by atoms with E-state index in [-0.39, 0.29) is 19.0 Å². The van der Waals surface area contributed by atoms with Crippen LogP contribution in [0.3, 0.4) is 0 Å². The molecule has 144 valence electrons. The van der Waals surface area contributed by atoms with Crippen molar-refractivity contribution >= 4 is 22.4 Å². The maximum absolute atomic E-state index is 12.7. The second-order valence-electron chi connectivity index (χ2n) is 6.03. The number of hydrogen-bond donors (Lipinski definition) is 1. The number of aromatic nitrogens is 3. The molecule has 1 saturated heterocycles. The van der Waals surface area contributed by atoms with E-state index in [9.17, 15) is 8.42 Å². The lowest BCUT2D eigenvalue weighted by atomic mass is 10.1. The van der Waals surface area contributed by atoms with Crippen molar-refractivity contribution in [3.63, 3.8) is 0 Å². The molecule has 0 amide bonds. The highest BCUT2D eigenvalue weighted by molar-refractivity contribution is 7.89. The zero-order valence-electron chi connectivity index (χ0n) is 14.8. The predicted octanol–water partition coefficient (Wildman–Crippen LogP) is 1.19. The highest BCUT2D eigenvalue weighted by atomic mass is 35.5. The molecule has 1 aliphatic heterocycles. The summed E-state index contributed by atoms with van der Waals surface area (Å²) in [6.07, 6.45) is 3.12. The topological polar surface area (TPSA) is 89.3 Å². The number of nitrogens with zero attached hydrogens (tertiary/aromatic N) is 4. The molecule has 0 bridgehead atoms. The van der Waals surface area contributed by atoms with Gasteiger partial charge in [0.25, 0.3) is 0 Å². The van der Waals surface area contributed by atoms with E-state index >= 15 is 0 Å². The van der Waals surface area contributed by atoms with E-state index in [1.54, 1.807) is 40.3 Å². The van der Waals surface area contributed by atoms with Crippen LogP contribution < -0.4 is 10.1 Å². The monoisotopic (exact) mass is 401 g/mol. The van der Waals surface area contributed by atoms with E-state index in [4.69, 9.17) is 4.74 Å². The third-order valence-electron chi connectivity index (χ3n) is 4.50. The SMILES string of the molecule is CNC1CCN(S(=O)(=O)c2ccc(OCc3ncnn3C)cc2)CC1.Cl. The first-order valence-electron chi connectivity index (χ1n) is 8.24. The van der Waals surface area contributed by atoms with Gasteiger partial charge in [0.2, 0.25) is 10.0 Å². The second kappa shape index (κ2) is 8.81. The molecule has 0 aliphatic carbocycles. The normalized spacial score (nSPS) is 16.2. The lowest BCUT2D eigenvalue weighted by Gasteiger charge is -2.31. The molecule has 0 atom stereocenters. The minimum atomic E-state index is -3.45. The smallest absolute Gasteiger partial charge is 0.243 e. The Morgan fingerprint density at radius 2 is 1.88 bits per heavy atom. The van der Waals surface area contributed by atoms with Gasteiger partial charge in [-0.15, -0.1) is 12.4 Å². The summed E-state index contributed by atoms with van der Waals surface area (Å²) in [5, 5.41) is 7.18. The summed E-state index contributed by atoms with van der Waals surface area (Å²) in [7, 11) is 0.250. The molecule has 0 saturated carbocycles. The number of halogens is 1. The van der Waals surface area contributed by atoms with Gasteiger partial charge in [-0.1, -0.05) is 0 Å². The van der Waals surface area contributed by atoms with Gasteiger partial charge in [0.05, 0.1) is 4.90 Å². The molecule has 8 nitrogen and oxygen atoms in total. The predicted molar refractivity (Wildman–Crippen MR) is 99.9 cm³/mol. The largest absolute Gasteiger partial charge is 0.486 e. The maximum atomic E-state index is 12.7. The van der Waals surface area contributed by atoms with Gasteiger partial charge in [0.15, 0.2) is 5.82 Å². The van der Waals surface area contributed by atoms with E-state index in [0.29, 0.717) is 35.6 Å². The van der Waals surface area contributed by atoms with Crippen molar-refractivity contribution in [3.05, 3.63) is 36.4 Å². The summed E-state index contributed by atoms with van der Waals surface area (Å²) < 4.78 is 34.3. The van der Waals surface area contributed by atoms with Crippen molar-refractivity contribution in [1.82, 2.24) is 24.4 Å². The van der Waals surface area contributed by atoms with Gasteiger partial charge in [0.1, 0.15) is 18.7 Å². The number of aryl methyl sites for hydroxylation is 1. The minimum absolute atomic E-state index is 0. The van der Waals surface area contributed by atoms with Gasteiger partial charge in [-0.25, -0.2) is 13.4 Å². The Labute approximate surface area is 160 Å². The van der Waals surface area contributed by atoms with Gasteiger partial charge in [0, 0.05) is 26.2 Å². The number of ether oxygens (including phenoxy) is 1. The van der Waals surface area contributed by atoms with Crippen molar-refractivity contribution in [1.29, 1.82) is 0 Å². The molecule has 1 aromatic heterocycles. The van der Waals surface area contributed by atoms with Gasteiger partial charge < -0.3 is 10.1 Å². The number of hydrogen-bond acceptors (Lipinski definition) is 6. The Morgan fingerprint density at radius 3 is 2.42 bits per heavy atom. The van der Waals surface area contributed by atoms with E-state index in [1.807, 2.05) is 7.05 Å². The van der Waals surface area contributed by atoms with Crippen LogP contribution in [0.5, 0.6) is 5.75 Å². The second-order valence-corrected chi connectivity index (χ2v) is 7.96. The Kier molecular flexibility index (Phi) is 6.99. The molecular formula is C16H24ClN5O3S. The fourth-order valence-corrected chi connectivity index (χ4v) is 4.31. The molecule has 0 radical (unpaired) electrons. The van der Waals surface area contributed by atoms with Crippen LogP contribution in [0, 0.1) is 0 Å². The number of piperidine rings is 1. The molecule has 0 unspecified atom stereocenters. The average Bonchev–Trinajstić information content (AvgIpc) is 3.05. The molecule has 1 fully saturated rings. The third kappa shape index (κ3) is 4.53. The van der Waals surface area contributed by atoms with Crippen LogP contribution in [0.1, 0.15) is 18.7 Å². The first-order chi connectivity index (χ1) is 12.0. The molecule has 0 spiro atoms. The highest BCUT2D eigenvalue weighted by Crippen LogP contribution is 2.23. The highest BCUT2D eigenvalue weighted by Gasteiger charge is 2.28.